The van der Waals surface area contributed by atoms with E-state index in [1.54, 1.807) is 0 Å². The molecule has 1 aromatic heterocycles. The van der Waals surface area contributed by atoms with Crippen LogP contribution in [0.4, 0.5) is 0 Å². The maximum atomic E-state index is 3.36. The van der Waals surface area contributed by atoms with Crippen LogP contribution < -0.4 is 5.32 Å². The Hall–Kier alpha value is -0.780. The number of nitrogens with one attached hydrogen (secondary N) is 1. The lowest BCUT2D eigenvalue weighted by Gasteiger charge is -2.12. The van der Waals surface area contributed by atoms with Crippen molar-refractivity contribution in [2.24, 2.45) is 0 Å². The molecule has 0 saturated carbocycles. The lowest BCUT2D eigenvalue weighted by molar-refractivity contribution is 0.567. The Bertz CT molecular complexity index is 343. The van der Waals surface area contributed by atoms with Crippen LogP contribution >= 0.6 is 11.3 Å². The average molecular weight is 221 g/mol. The molecule has 0 amide bonds. The molecule has 82 valence electrons. The van der Waals surface area contributed by atoms with Crippen molar-refractivity contribution in [3.8, 4) is 11.8 Å². The van der Waals surface area contributed by atoms with Crippen LogP contribution in [-0.2, 0) is 6.42 Å². The highest BCUT2D eigenvalue weighted by atomic mass is 32.1. The maximum absolute atomic E-state index is 3.36. The molecule has 0 aromatic carbocycles. The van der Waals surface area contributed by atoms with Crippen LogP contribution in [0.2, 0.25) is 0 Å². The fourth-order valence-electron chi connectivity index (χ4n) is 1.54. The Labute approximate surface area is 96.9 Å². The van der Waals surface area contributed by atoms with Crippen LogP contribution in [0.5, 0.6) is 0 Å². The summed E-state index contributed by atoms with van der Waals surface area (Å²) < 4.78 is 0. The van der Waals surface area contributed by atoms with Gasteiger partial charge in [-0.3, -0.25) is 0 Å². The zero-order chi connectivity index (χ0) is 11.1. The van der Waals surface area contributed by atoms with Crippen LogP contribution in [0.1, 0.15) is 42.5 Å². The van der Waals surface area contributed by atoms with Gasteiger partial charge in [-0.25, -0.2) is 0 Å². The van der Waals surface area contributed by atoms with Gasteiger partial charge in [-0.2, -0.15) is 0 Å². The fourth-order valence-corrected chi connectivity index (χ4v) is 2.64. The molecule has 1 rings (SSSR count). The Balaban J connectivity index is 2.59. The first-order valence-electron chi connectivity index (χ1n) is 5.47. The monoisotopic (exact) mass is 221 g/mol. The maximum Gasteiger partial charge on any atom is 0.0421 e. The van der Waals surface area contributed by atoms with Gasteiger partial charge in [0.2, 0.25) is 0 Å². The highest BCUT2D eigenvalue weighted by Gasteiger charge is 2.10. The Morgan fingerprint density at radius 1 is 1.47 bits per heavy atom. The van der Waals surface area contributed by atoms with Gasteiger partial charge in [0.15, 0.2) is 0 Å². The highest BCUT2D eigenvalue weighted by molar-refractivity contribution is 7.12. The summed E-state index contributed by atoms with van der Waals surface area (Å²) in [5.74, 6) is 6.06. The molecular weight excluding hydrogens is 202 g/mol. The minimum Gasteiger partial charge on any atom is -0.312 e. The molecule has 0 aliphatic heterocycles. The van der Waals surface area contributed by atoms with Gasteiger partial charge in [-0.1, -0.05) is 6.92 Å². The molecule has 1 nitrogen and oxygen atoms in total. The highest BCUT2D eigenvalue weighted by Crippen LogP contribution is 2.26. The molecule has 0 bridgehead atoms. The van der Waals surface area contributed by atoms with Gasteiger partial charge in [0.1, 0.15) is 0 Å². The van der Waals surface area contributed by atoms with Gasteiger partial charge in [0, 0.05) is 22.2 Å². The van der Waals surface area contributed by atoms with Gasteiger partial charge in [-0.05, 0) is 38.9 Å². The van der Waals surface area contributed by atoms with E-state index in [0.717, 1.165) is 19.3 Å². The van der Waals surface area contributed by atoms with Crippen molar-refractivity contribution >= 4 is 11.3 Å². The Morgan fingerprint density at radius 3 is 2.80 bits per heavy atom. The molecule has 1 heterocycles. The normalized spacial score (nSPS) is 11.9. The van der Waals surface area contributed by atoms with E-state index in [2.05, 4.69) is 36.2 Å². The summed E-state index contributed by atoms with van der Waals surface area (Å²) in [6, 6.07) is 4.94. The zero-order valence-corrected chi connectivity index (χ0v) is 10.6. The predicted molar refractivity (Wildman–Crippen MR) is 68.2 cm³/mol. The number of hydrogen-bond donors (Lipinski definition) is 1. The first-order chi connectivity index (χ1) is 7.31. The summed E-state index contributed by atoms with van der Waals surface area (Å²) in [5.41, 5.74) is 0. The SMILES string of the molecule is CC#CCCC(NC)c1ccc(CC)s1. The average Bonchev–Trinajstić information content (AvgIpc) is 2.73. The van der Waals surface area contributed by atoms with E-state index in [1.165, 1.54) is 9.75 Å². The lowest BCUT2D eigenvalue weighted by atomic mass is 10.1. The predicted octanol–water partition coefficient (Wildman–Crippen LogP) is 3.37. The molecule has 0 aliphatic rings. The van der Waals surface area contributed by atoms with Gasteiger partial charge >= 0.3 is 0 Å². The summed E-state index contributed by atoms with van der Waals surface area (Å²) in [7, 11) is 2.02. The second kappa shape index (κ2) is 6.66. The van der Waals surface area contributed by atoms with Gasteiger partial charge < -0.3 is 5.32 Å². The van der Waals surface area contributed by atoms with Gasteiger partial charge in [0.25, 0.3) is 0 Å². The molecule has 1 atom stereocenters. The summed E-state index contributed by atoms with van der Waals surface area (Å²) in [4.78, 5) is 2.90. The third-order valence-electron chi connectivity index (χ3n) is 2.46. The van der Waals surface area contributed by atoms with Crippen molar-refractivity contribution < 1.29 is 0 Å². The van der Waals surface area contributed by atoms with E-state index in [9.17, 15) is 0 Å². The molecule has 1 N–H and O–H groups in total. The third kappa shape index (κ3) is 3.70. The second-order valence-electron chi connectivity index (χ2n) is 3.46. The van der Waals surface area contributed by atoms with Crippen molar-refractivity contribution in [3.05, 3.63) is 21.9 Å². The molecule has 1 unspecified atom stereocenters. The first kappa shape index (κ1) is 12.3. The van der Waals surface area contributed by atoms with Crippen LogP contribution in [0.25, 0.3) is 0 Å². The molecule has 0 aliphatic carbocycles. The van der Waals surface area contributed by atoms with Crippen molar-refractivity contribution in [2.75, 3.05) is 7.05 Å². The van der Waals surface area contributed by atoms with E-state index in [4.69, 9.17) is 0 Å². The van der Waals surface area contributed by atoms with E-state index in [-0.39, 0.29) is 0 Å². The summed E-state index contributed by atoms with van der Waals surface area (Å²) in [5, 5.41) is 3.36. The summed E-state index contributed by atoms with van der Waals surface area (Å²) in [6.07, 6.45) is 3.21. The van der Waals surface area contributed by atoms with Crippen molar-refractivity contribution in [2.45, 2.75) is 39.2 Å². The van der Waals surface area contributed by atoms with Crippen LogP contribution in [0, 0.1) is 11.8 Å². The number of aryl methyl sites for hydroxylation is 1. The lowest BCUT2D eigenvalue weighted by Crippen LogP contribution is -2.14. The molecule has 0 fully saturated rings. The van der Waals surface area contributed by atoms with Crippen molar-refractivity contribution in [1.29, 1.82) is 0 Å². The molecule has 0 saturated heterocycles. The molecule has 1 aromatic rings. The van der Waals surface area contributed by atoms with Crippen molar-refractivity contribution in [3.63, 3.8) is 0 Å². The first-order valence-corrected chi connectivity index (χ1v) is 6.29. The summed E-state index contributed by atoms with van der Waals surface area (Å²) in [6.45, 7) is 4.10. The minimum atomic E-state index is 0.469. The van der Waals surface area contributed by atoms with E-state index >= 15 is 0 Å². The number of hydrogen-bond acceptors (Lipinski definition) is 2. The van der Waals surface area contributed by atoms with Gasteiger partial charge in [0.05, 0.1) is 0 Å². The summed E-state index contributed by atoms with van der Waals surface area (Å²) >= 11 is 1.91. The van der Waals surface area contributed by atoms with Crippen molar-refractivity contribution in [1.82, 2.24) is 5.32 Å². The number of thiophene rings is 1. The molecule has 0 radical (unpaired) electrons. The minimum absolute atomic E-state index is 0.469. The quantitative estimate of drug-likeness (QED) is 0.752. The van der Waals surface area contributed by atoms with E-state index < -0.39 is 0 Å². The molecular formula is C13H19NS. The van der Waals surface area contributed by atoms with E-state index in [0.29, 0.717) is 6.04 Å². The van der Waals surface area contributed by atoms with Crippen LogP contribution in [0.15, 0.2) is 12.1 Å². The number of rotatable bonds is 5. The molecule has 2 heteroatoms. The van der Waals surface area contributed by atoms with Crippen LogP contribution in [-0.4, -0.2) is 7.05 Å². The van der Waals surface area contributed by atoms with E-state index in [1.807, 2.05) is 25.3 Å². The molecule has 0 spiro atoms. The van der Waals surface area contributed by atoms with Crippen LogP contribution in [0.3, 0.4) is 0 Å². The largest absolute Gasteiger partial charge is 0.312 e. The van der Waals surface area contributed by atoms with Gasteiger partial charge in [-0.15, -0.1) is 23.2 Å². The zero-order valence-electron chi connectivity index (χ0n) is 9.76. The second-order valence-corrected chi connectivity index (χ2v) is 4.66. The fraction of sp³-hybridized carbons (Fsp3) is 0.538. The Morgan fingerprint density at radius 2 is 2.27 bits per heavy atom. The molecule has 15 heavy (non-hydrogen) atoms. The smallest absolute Gasteiger partial charge is 0.0421 e. The Kier molecular flexibility index (Phi) is 5.45. The topological polar surface area (TPSA) is 12.0 Å². The third-order valence-corrected chi connectivity index (χ3v) is 3.80. The standard InChI is InChI=1S/C13H19NS/c1-4-6-7-8-12(14-3)13-10-9-11(5-2)15-13/h9-10,12,14H,5,7-8H2,1-3H3.